The number of likely N-dealkylation sites (N-methyl/N-ethyl adjacent to an activating group) is 1. The second-order valence-electron chi connectivity index (χ2n) is 6.88. The highest BCUT2D eigenvalue weighted by molar-refractivity contribution is 8.00. The minimum atomic E-state index is 0.212. The van der Waals surface area contributed by atoms with Crippen molar-refractivity contribution in [3.05, 3.63) is 0 Å². The zero-order valence-electron chi connectivity index (χ0n) is 12.1. The maximum Gasteiger partial charge on any atom is 0.149 e. The second kappa shape index (κ2) is 3.76. The van der Waals surface area contributed by atoms with Crippen LogP contribution in [0.2, 0.25) is 0 Å². The molecule has 2 spiro atoms. The van der Waals surface area contributed by atoms with Crippen molar-refractivity contribution >= 4 is 17.5 Å². The fourth-order valence-electron chi connectivity index (χ4n) is 4.87. The quantitative estimate of drug-likeness (QED) is 0.784. The first-order valence-corrected chi connectivity index (χ1v) is 8.46. The highest BCUT2D eigenvalue weighted by Crippen LogP contribution is 2.86. The van der Waals surface area contributed by atoms with Gasteiger partial charge in [0.1, 0.15) is 5.78 Å². The van der Waals surface area contributed by atoms with Crippen molar-refractivity contribution in [2.45, 2.75) is 46.6 Å². The molecule has 0 N–H and O–H groups in total. The molecular weight excluding hydrogens is 242 g/mol. The van der Waals surface area contributed by atoms with E-state index in [9.17, 15) is 4.79 Å². The average Bonchev–Trinajstić information content (AvgIpc) is 2.60. The van der Waals surface area contributed by atoms with E-state index in [4.69, 9.17) is 0 Å². The van der Waals surface area contributed by atoms with Crippen molar-refractivity contribution in [1.29, 1.82) is 0 Å². The first-order valence-electron chi connectivity index (χ1n) is 7.30. The van der Waals surface area contributed by atoms with E-state index in [2.05, 4.69) is 37.4 Å². The summed E-state index contributed by atoms with van der Waals surface area (Å²) in [6, 6.07) is 0.212. The Balaban J connectivity index is 1.87. The third kappa shape index (κ3) is 1.19. The molecule has 0 aromatic rings. The summed E-state index contributed by atoms with van der Waals surface area (Å²) in [5, 5.41) is 0. The van der Waals surface area contributed by atoms with Crippen LogP contribution in [0.1, 0.15) is 40.5 Å². The molecule has 2 nitrogen and oxygen atoms in total. The Kier molecular flexibility index (Phi) is 2.71. The van der Waals surface area contributed by atoms with Crippen LogP contribution in [0, 0.1) is 16.2 Å². The molecule has 2 saturated heterocycles. The van der Waals surface area contributed by atoms with Crippen LogP contribution in [0.4, 0.5) is 0 Å². The Bertz CT molecular complexity index is 388. The molecule has 18 heavy (non-hydrogen) atoms. The molecule has 3 fully saturated rings. The topological polar surface area (TPSA) is 20.3 Å². The molecule has 0 unspecified atom stereocenters. The monoisotopic (exact) mass is 267 g/mol. The number of rotatable bonds is 3. The van der Waals surface area contributed by atoms with E-state index in [0.717, 1.165) is 19.5 Å². The Hall–Kier alpha value is -0.0200. The summed E-state index contributed by atoms with van der Waals surface area (Å²) in [6.45, 7) is 11.3. The minimum Gasteiger partial charge on any atom is -0.298 e. The lowest BCUT2D eigenvalue weighted by Gasteiger charge is -2.31. The summed E-state index contributed by atoms with van der Waals surface area (Å²) >= 11 is 2.09. The lowest BCUT2D eigenvalue weighted by Crippen LogP contribution is -2.35. The summed E-state index contributed by atoms with van der Waals surface area (Å²) in [7, 11) is 0. The Morgan fingerprint density at radius 2 is 1.94 bits per heavy atom. The van der Waals surface area contributed by atoms with Crippen LogP contribution in [0.25, 0.3) is 0 Å². The van der Waals surface area contributed by atoms with E-state index >= 15 is 0 Å². The van der Waals surface area contributed by atoms with E-state index in [1.54, 1.807) is 0 Å². The van der Waals surface area contributed by atoms with Gasteiger partial charge in [0, 0.05) is 29.9 Å². The van der Waals surface area contributed by atoms with Gasteiger partial charge in [-0.15, -0.1) is 0 Å². The zero-order valence-corrected chi connectivity index (χ0v) is 12.9. The molecule has 3 aliphatic rings. The van der Waals surface area contributed by atoms with E-state index in [-0.39, 0.29) is 6.04 Å². The van der Waals surface area contributed by atoms with Crippen LogP contribution < -0.4 is 0 Å². The molecule has 3 heteroatoms. The van der Waals surface area contributed by atoms with Crippen molar-refractivity contribution < 1.29 is 4.79 Å². The predicted octanol–water partition coefficient (Wildman–Crippen LogP) is 2.82. The number of carbonyl (C=O) groups excluding carboxylic acids is 1. The van der Waals surface area contributed by atoms with E-state index < -0.39 is 0 Å². The highest BCUT2D eigenvalue weighted by Gasteiger charge is 2.85. The van der Waals surface area contributed by atoms with Crippen molar-refractivity contribution in [2.75, 3.05) is 24.6 Å². The molecule has 0 amide bonds. The molecule has 0 radical (unpaired) electrons. The highest BCUT2D eigenvalue weighted by atomic mass is 32.2. The predicted molar refractivity (Wildman–Crippen MR) is 76.9 cm³/mol. The van der Waals surface area contributed by atoms with Gasteiger partial charge in [-0.25, -0.2) is 0 Å². The third-order valence-corrected chi connectivity index (χ3v) is 7.92. The van der Waals surface area contributed by atoms with Crippen LogP contribution in [0.15, 0.2) is 0 Å². The summed E-state index contributed by atoms with van der Waals surface area (Å²) in [5.41, 5.74) is 1.44. The number of likely N-dealkylation sites (tertiary alicyclic amines) is 1. The zero-order chi connectivity index (χ0) is 13.2. The normalized spacial score (nSPS) is 40.1. The van der Waals surface area contributed by atoms with Crippen LogP contribution >= 0.6 is 11.8 Å². The van der Waals surface area contributed by atoms with Crippen LogP contribution in [0.5, 0.6) is 0 Å². The van der Waals surface area contributed by atoms with Gasteiger partial charge >= 0.3 is 0 Å². The number of fused-ring (bicyclic) bond motifs is 1. The van der Waals surface area contributed by atoms with Crippen LogP contribution in [-0.2, 0) is 4.79 Å². The van der Waals surface area contributed by atoms with Crippen molar-refractivity contribution in [2.24, 2.45) is 16.2 Å². The summed E-state index contributed by atoms with van der Waals surface area (Å²) in [4.78, 5) is 14.6. The molecule has 1 saturated carbocycles. The van der Waals surface area contributed by atoms with Gasteiger partial charge in [0.2, 0.25) is 0 Å². The molecule has 2 heterocycles. The molecule has 102 valence electrons. The minimum absolute atomic E-state index is 0.212. The Labute approximate surface area is 115 Å². The van der Waals surface area contributed by atoms with E-state index in [1.165, 1.54) is 11.5 Å². The van der Waals surface area contributed by atoms with Gasteiger partial charge in [-0.05, 0) is 23.8 Å². The molecular formula is C15H25NOS. The molecule has 1 aliphatic carbocycles. The number of Topliss-reactive ketones (excluding diaryl/α,β-unsaturated/α-hetero) is 1. The largest absolute Gasteiger partial charge is 0.298 e. The van der Waals surface area contributed by atoms with Gasteiger partial charge in [-0.3, -0.25) is 9.69 Å². The summed E-state index contributed by atoms with van der Waals surface area (Å²) in [5.74, 6) is 3.10. The van der Waals surface area contributed by atoms with Crippen molar-refractivity contribution in [3.8, 4) is 0 Å². The van der Waals surface area contributed by atoms with Gasteiger partial charge in [0.25, 0.3) is 0 Å². The number of ketones is 1. The van der Waals surface area contributed by atoms with Gasteiger partial charge in [-0.1, -0.05) is 27.7 Å². The Morgan fingerprint density at radius 1 is 1.28 bits per heavy atom. The number of nitrogens with zero attached hydrogens (tertiary/aromatic N) is 1. The first-order chi connectivity index (χ1) is 8.46. The number of carbonyl (C=O) groups is 1. The summed E-state index contributed by atoms with van der Waals surface area (Å²) in [6.07, 6.45) is 1.82. The molecule has 0 aromatic carbocycles. The van der Waals surface area contributed by atoms with Gasteiger partial charge in [0.05, 0.1) is 6.04 Å². The van der Waals surface area contributed by atoms with E-state index in [1.807, 2.05) is 6.92 Å². The molecule has 2 aliphatic heterocycles. The fourth-order valence-corrected chi connectivity index (χ4v) is 6.75. The van der Waals surface area contributed by atoms with Crippen LogP contribution in [-0.4, -0.2) is 41.3 Å². The Morgan fingerprint density at radius 3 is 2.33 bits per heavy atom. The van der Waals surface area contributed by atoms with E-state index in [0.29, 0.717) is 28.4 Å². The molecule has 0 aromatic heterocycles. The number of hydrogen-bond donors (Lipinski definition) is 0. The lowest BCUT2D eigenvalue weighted by atomic mass is 9.90. The van der Waals surface area contributed by atoms with Gasteiger partial charge in [-0.2, -0.15) is 11.8 Å². The third-order valence-electron chi connectivity index (χ3n) is 6.53. The average molecular weight is 267 g/mol. The standard InChI is InChI=1S/C15H25NOS/c1-5-12(17)11-7-14(8-16(11)6-2)13(3,4)15(14)9-18-10-15/h11H,5-10H2,1-4H3/t11-,14-/m0/s1. The molecule has 0 bridgehead atoms. The maximum atomic E-state index is 12.2. The van der Waals surface area contributed by atoms with Gasteiger partial charge < -0.3 is 0 Å². The maximum absolute atomic E-state index is 12.2. The smallest absolute Gasteiger partial charge is 0.149 e. The van der Waals surface area contributed by atoms with Crippen LogP contribution in [0.3, 0.4) is 0 Å². The molecule has 2 atom stereocenters. The lowest BCUT2D eigenvalue weighted by molar-refractivity contribution is -0.123. The number of thioether (sulfide) groups is 1. The SMILES string of the molecule is CCC(=O)[C@@H]1C[C@]2(CN1CC)C(C)(C)C21CSC1. The van der Waals surface area contributed by atoms with Crippen molar-refractivity contribution in [1.82, 2.24) is 4.90 Å². The fraction of sp³-hybridized carbons (Fsp3) is 0.933. The number of hydrogen-bond acceptors (Lipinski definition) is 3. The van der Waals surface area contributed by atoms with Crippen molar-refractivity contribution in [3.63, 3.8) is 0 Å². The van der Waals surface area contributed by atoms with Gasteiger partial charge in [0.15, 0.2) is 0 Å². The first kappa shape index (κ1) is 13.0. The second-order valence-corrected chi connectivity index (χ2v) is 7.87. The summed E-state index contributed by atoms with van der Waals surface area (Å²) < 4.78 is 0. The molecule has 3 rings (SSSR count).